The van der Waals surface area contributed by atoms with Gasteiger partial charge in [0.15, 0.2) is 0 Å². The Morgan fingerprint density at radius 2 is 1.61 bits per heavy atom. The van der Waals surface area contributed by atoms with E-state index in [1.807, 2.05) is 0 Å². The topological polar surface area (TPSA) is 49.8 Å². The minimum absolute atomic E-state index is 0.0672. The number of ketones is 1. The molecule has 1 aliphatic heterocycles. The van der Waals surface area contributed by atoms with Gasteiger partial charge < -0.3 is 9.84 Å². The largest absolute Gasteiger partial charge is 0.393 e. The molecule has 6 fully saturated rings. The molecule has 1 N–H and O–H groups in total. The second-order valence-corrected chi connectivity index (χ2v) is 15.2. The Morgan fingerprint density at radius 3 is 2.27 bits per heavy atom. The molecule has 6 aliphatic rings. The zero-order chi connectivity index (χ0) is 23.8. The molecule has 10 atom stereocenters. The Morgan fingerprint density at radius 1 is 0.970 bits per heavy atom. The fraction of sp³-hybridized carbons (Fsp3) is 0.967. The van der Waals surface area contributed by atoms with Gasteiger partial charge in [-0.15, -0.1) is 0 Å². The van der Waals surface area contributed by atoms with E-state index in [2.05, 4.69) is 48.5 Å². The van der Waals surface area contributed by atoms with E-state index in [1.54, 1.807) is 0 Å². The lowest BCUT2D eigenvalue weighted by atomic mass is 9.42. The third-order valence-electron chi connectivity index (χ3n) is 13.6. The normalized spacial score (nSPS) is 56.2. The highest BCUT2D eigenvalue weighted by molar-refractivity contribution is 5.86. The van der Waals surface area contributed by atoms with Gasteiger partial charge in [0.1, 0.15) is 5.78 Å². The molecule has 0 aromatic rings. The molecule has 3 heteroatoms. The maximum atomic E-state index is 12.9. The van der Waals surface area contributed by atoms with Gasteiger partial charge in [-0.2, -0.15) is 0 Å². The highest BCUT2D eigenvalue weighted by atomic mass is 16.6. The molecule has 5 saturated carbocycles. The van der Waals surface area contributed by atoms with Gasteiger partial charge in [-0.3, -0.25) is 4.79 Å². The summed E-state index contributed by atoms with van der Waals surface area (Å²) < 4.78 is 5.87. The minimum Gasteiger partial charge on any atom is -0.393 e. The van der Waals surface area contributed by atoms with Crippen molar-refractivity contribution in [2.24, 2.45) is 50.7 Å². The molecular weight excluding hydrogens is 408 g/mol. The third-order valence-corrected chi connectivity index (χ3v) is 13.6. The van der Waals surface area contributed by atoms with E-state index in [-0.39, 0.29) is 27.9 Å². The first-order valence-electron chi connectivity index (χ1n) is 14.1. The lowest BCUT2D eigenvalue weighted by Crippen LogP contribution is -2.57. The summed E-state index contributed by atoms with van der Waals surface area (Å²) in [6, 6.07) is 0. The molecule has 0 bridgehead atoms. The number of aliphatic hydroxyl groups is 1. The van der Waals surface area contributed by atoms with Gasteiger partial charge in [-0.1, -0.05) is 34.6 Å². The smallest absolute Gasteiger partial charge is 0.138 e. The summed E-state index contributed by atoms with van der Waals surface area (Å²) in [5.74, 6) is 2.76. The van der Waals surface area contributed by atoms with Gasteiger partial charge in [0.05, 0.1) is 17.8 Å². The van der Waals surface area contributed by atoms with Crippen molar-refractivity contribution < 1.29 is 14.6 Å². The number of epoxide rings is 1. The Balaban J connectivity index is 1.27. The van der Waals surface area contributed by atoms with Crippen LogP contribution in [0.4, 0.5) is 0 Å². The molecule has 6 rings (SSSR count). The van der Waals surface area contributed by atoms with E-state index in [9.17, 15) is 9.90 Å². The van der Waals surface area contributed by atoms with Crippen molar-refractivity contribution in [1.82, 2.24) is 0 Å². The number of Topliss-reactive ketones (excluding diaryl/α,β-unsaturated/α-hetero) is 1. The second-order valence-electron chi connectivity index (χ2n) is 15.2. The molecular formula is C30H48O3. The van der Waals surface area contributed by atoms with Crippen molar-refractivity contribution in [3.8, 4) is 0 Å². The van der Waals surface area contributed by atoms with Gasteiger partial charge in [-0.05, 0) is 117 Å². The van der Waals surface area contributed by atoms with Gasteiger partial charge in [0.25, 0.3) is 0 Å². The summed E-state index contributed by atoms with van der Waals surface area (Å²) in [5.41, 5.74) is 1.24. The number of rotatable bonds is 4. The monoisotopic (exact) mass is 456 g/mol. The van der Waals surface area contributed by atoms with Crippen LogP contribution >= 0.6 is 0 Å². The molecule has 1 saturated heterocycles. The first-order valence-corrected chi connectivity index (χ1v) is 14.1. The SMILES string of the molecule is CC(CCC1OC1(C)C)C1C(O)CC2(C)C3CCC4C(C)(C)C(=O)CCC45CC35CCC12C. The Labute approximate surface area is 201 Å². The van der Waals surface area contributed by atoms with E-state index >= 15 is 0 Å². The lowest BCUT2D eigenvalue weighted by Gasteiger charge is -2.62. The minimum atomic E-state index is -0.171. The molecule has 0 radical (unpaired) electrons. The van der Waals surface area contributed by atoms with Gasteiger partial charge in [-0.25, -0.2) is 0 Å². The van der Waals surface area contributed by atoms with Crippen LogP contribution in [0.25, 0.3) is 0 Å². The van der Waals surface area contributed by atoms with Gasteiger partial charge in [0.2, 0.25) is 0 Å². The molecule has 0 aromatic heterocycles. The Bertz CT molecular complexity index is 876. The average Bonchev–Trinajstić information content (AvgIpc) is 3.55. The first-order chi connectivity index (χ1) is 15.3. The number of ether oxygens (including phenoxy) is 1. The zero-order valence-corrected chi connectivity index (χ0v) is 22.3. The van der Waals surface area contributed by atoms with E-state index in [1.165, 1.54) is 38.5 Å². The molecule has 186 valence electrons. The maximum absolute atomic E-state index is 12.9. The Hall–Kier alpha value is -0.410. The summed E-state index contributed by atoms with van der Waals surface area (Å²) >= 11 is 0. The van der Waals surface area contributed by atoms with Crippen LogP contribution < -0.4 is 0 Å². The predicted molar refractivity (Wildman–Crippen MR) is 131 cm³/mol. The van der Waals surface area contributed by atoms with Crippen LogP contribution in [0.5, 0.6) is 0 Å². The summed E-state index contributed by atoms with van der Waals surface area (Å²) in [5, 5.41) is 11.6. The van der Waals surface area contributed by atoms with Crippen molar-refractivity contribution in [3.63, 3.8) is 0 Å². The lowest BCUT2D eigenvalue weighted by molar-refractivity contribution is -0.157. The van der Waals surface area contributed by atoms with Gasteiger partial charge >= 0.3 is 0 Å². The number of hydrogen-bond acceptors (Lipinski definition) is 3. The zero-order valence-electron chi connectivity index (χ0n) is 22.3. The predicted octanol–water partition coefficient (Wildman–Crippen LogP) is 6.56. The van der Waals surface area contributed by atoms with Crippen LogP contribution in [0.3, 0.4) is 0 Å². The summed E-state index contributed by atoms with van der Waals surface area (Å²) in [6.07, 6.45) is 11.9. The number of carbonyl (C=O) groups excluding carboxylic acids is 1. The molecule has 0 amide bonds. The molecule has 3 nitrogen and oxygen atoms in total. The van der Waals surface area contributed by atoms with Gasteiger partial charge in [0, 0.05) is 11.8 Å². The highest BCUT2D eigenvalue weighted by Gasteiger charge is 2.82. The number of aliphatic hydroxyl groups excluding tert-OH is 1. The average molecular weight is 457 g/mol. The van der Waals surface area contributed by atoms with Crippen molar-refractivity contribution in [2.45, 2.75) is 130 Å². The molecule has 1 heterocycles. The van der Waals surface area contributed by atoms with Crippen LogP contribution in [-0.2, 0) is 9.53 Å². The number of fused-ring (bicyclic) bond motifs is 2. The third kappa shape index (κ3) is 2.63. The summed E-state index contributed by atoms with van der Waals surface area (Å²) in [4.78, 5) is 12.9. The van der Waals surface area contributed by atoms with Crippen molar-refractivity contribution in [1.29, 1.82) is 0 Å². The molecule has 2 spiro atoms. The first kappa shape index (κ1) is 23.0. The summed E-state index contributed by atoms with van der Waals surface area (Å²) in [7, 11) is 0. The standard InChI is InChI=1S/C30H48O3/c1-18(8-11-23-26(4,5)33-23)24-19(31)16-28(7)21-10-9-20-25(2,3)22(32)12-13-29(20)17-30(21,29)15-14-27(24,28)6/h18-21,23-24,31H,8-17H2,1-7H3. The van der Waals surface area contributed by atoms with Crippen molar-refractivity contribution >= 4 is 5.78 Å². The maximum Gasteiger partial charge on any atom is 0.138 e. The Kier molecular flexibility index (Phi) is 4.51. The van der Waals surface area contributed by atoms with E-state index in [4.69, 9.17) is 4.74 Å². The van der Waals surface area contributed by atoms with Crippen LogP contribution in [0.15, 0.2) is 0 Å². The molecule has 33 heavy (non-hydrogen) atoms. The quantitative estimate of drug-likeness (QED) is 0.487. The van der Waals surface area contributed by atoms with E-state index < -0.39 is 0 Å². The highest BCUT2D eigenvalue weighted by Crippen LogP contribution is 2.88. The number of hydrogen-bond donors (Lipinski definition) is 1. The second kappa shape index (κ2) is 6.47. The van der Waals surface area contributed by atoms with Crippen LogP contribution in [0, 0.1) is 50.7 Å². The fourth-order valence-electron chi connectivity index (χ4n) is 11.6. The molecule has 10 unspecified atom stereocenters. The van der Waals surface area contributed by atoms with Crippen molar-refractivity contribution in [2.75, 3.05) is 0 Å². The number of carbonyl (C=O) groups is 1. The van der Waals surface area contributed by atoms with E-state index in [0.717, 1.165) is 31.6 Å². The molecule has 0 aromatic carbocycles. The fourth-order valence-corrected chi connectivity index (χ4v) is 11.6. The van der Waals surface area contributed by atoms with Crippen LogP contribution in [0.2, 0.25) is 0 Å². The summed E-state index contributed by atoms with van der Waals surface area (Å²) in [6.45, 7) is 16.5. The van der Waals surface area contributed by atoms with Crippen LogP contribution in [-0.4, -0.2) is 28.7 Å². The molecule has 5 aliphatic carbocycles. The van der Waals surface area contributed by atoms with E-state index in [0.29, 0.717) is 40.5 Å². The van der Waals surface area contributed by atoms with Crippen LogP contribution in [0.1, 0.15) is 113 Å². The van der Waals surface area contributed by atoms with Crippen molar-refractivity contribution in [3.05, 3.63) is 0 Å².